The fraction of sp³-hybridized carbons (Fsp3) is 0.222. The van der Waals surface area contributed by atoms with Crippen molar-refractivity contribution in [3.8, 4) is 0 Å². The minimum Gasteiger partial charge on any atom is -0.368 e. The van der Waals surface area contributed by atoms with Crippen molar-refractivity contribution >= 4 is 40.6 Å². The average molecular weight is 252 g/mol. The molecule has 0 bridgehead atoms. The van der Waals surface area contributed by atoms with Gasteiger partial charge in [-0.05, 0) is 12.5 Å². The molecule has 1 rings (SSSR count). The highest BCUT2D eigenvalue weighted by Crippen LogP contribution is 2.28. The predicted molar refractivity (Wildman–Crippen MR) is 62.6 cm³/mol. The standard InChI is InChI=1S/C9H9Cl3N2/c1-2-3-4-13-9-7(11)5-6(10)8(12)14-9/h2,5H,1,3-4H2,(H,13,14). The quantitative estimate of drug-likeness (QED) is 0.496. The van der Waals surface area contributed by atoms with Crippen LogP contribution in [0.4, 0.5) is 5.82 Å². The number of nitrogens with one attached hydrogen (secondary N) is 1. The second kappa shape index (κ2) is 5.44. The first-order chi connectivity index (χ1) is 6.65. The Labute approximate surface area is 97.9 Å². The largest absolute Gasteiger partial charge is 0.368 e. The molecule has 1 aromatic rings. The van der Waals surface area contributed by atoms with Crippen LogP contribution in [0.5, 0.6) is 0 Å². The van der Waals surface area contributed by atoms with E-state index in [-0.39, 0.29) is 5.15 Å². The highest BCUT2D eigenvalue weighted by atomic mass is 35.5. The van der Waals surface area contributed by atoms with Crippen LogP contribution in [0.2, 0.25) is 15.2 Å². The zero-order valence-corrected chi connectivity index (χ0v) is 9.62. The van der Waals surface area contributed by atoms with Gasteiger partial charge in [-0.15, -0.1) is 6.58 Å². The summed E-state index contributed by atoms with van der Waals surface area (Å²) in [5, 5.41) is 4.09. The number of halogens is 3. The van der Waals surface area contributed by atoms with Crippen LogP contribution >= 0.6 is 34.8 Å². The molecule has 0 saturated heterocycles. The Morgan fingerprint density at radius 2 is 2.07 bits per heavy atom. The van der Waals surface area contributed by atoms with Crippen LogP contribution < -0.4 is 5.32 Å². The van der Waals surface area contributed by atoms with Crippen LogP contribution in [-0.2, 0) is 0 Å². The number of pyridine rings is 1. The van der Waals surface area contributed by atoms with E-state index in [1.54, 1.807) is 12.1 Å². The van der Waals surface area contributed by atoms with Crippen molar-refractivity contribution in [3.63, 3.8) is 0 Å². The van der Waals surface area contributed by atoms with E-state index >= 15 is 0 Å². The Hall–Kier alpha value is -0.440. The van der Waals surface area contributed by atoms with E-state index in [1.807, 2.05) is 0 Å². The van der Waals surface area contributed by atoms with Crippen molar-refractivity contribution in [1.82, 2.24) is 4.98 Å². The number of hydrogen-bond donors (Lipinski definition) is 1. The van der Waals surface area contributed by atoms with Gasteiger partial charge in [0.25, 0.3) is 0 Å². The molecule has 0 fully saturated rings. The summed E-state index contributed by atoms with van der Waals surface area (Å²) in [6.07, 6.45) is 2.64. The summed E-state index contributed by atoms with van der Waals surface area (Å²) < 4.78 is 0. The third-order valence-electron chi connectivity index (χ3n) is 1.53. The zero-order chi connectivity index (χ0) is 10.6. The summed E-state index contributed by atoms with van der Waals surface area (Å²) in [4.78, 5) is 4.00. The molecule has 0 spiro atoms. The van der Waals surface area contributed by atoms with E-state index in [9.17, 15) is 0 Å². The molecule has 0 aliphatic heterocycles. The van der Waals surface area contributed by atoms with Crippen LogP contribution in [0, 0.1) is 0 Å². The maximum absolute atomic E-state index is 5.89. The summed E-state index contributed by atoms with van der Waals surface area (Å²) >= 11 is 17.3. The summed E-state index contributed by atoms with van der Waals surface area (Å²) in [7, 11) is 0. The third-order valence-corrected chi connectivity index (χ3v) is 2.49. The van der Waals surface area contributed by atoms with Gasteiger partial charge in [-0.1, -0.05) is 40.9 Å². The van der Waals surface area contributed by atoms with Crippen molar-refractivity contribution in [3.05, 3.63) is 33.9 Å². The number of hydrogen-bond acceptors (Lipinski definition) is 2. The van der Waals surface area contributed by atoms with E-state index in [0.717, 1.165) is 6.42 Å². The van der Waals surface area contributed by atoms with Crippen LogP contribution in [0.15, 0.2) is 18.7 Å². The van der Waals surface area contributed by atoms with Crippen molar-refractivity contribution < 1.29 is 0 Å². The fourth-order valence-electron chi connectivity index (χ4n) is 0.861. The highest BCUT2D eigenvalue weighted by molar-refractivity contribution is 6.42. The lowest BCUT2D eigenvalue weighted by Crippen LogP contribution is -2.03. The summed E-state index contributed by atoms with van der Waals surface area (Å²) in [5.41, 5.74) is 0. The molecule has 0 amide bonds. The van der Waals surface area contributed by atoms with Crippen LogP contribution in [0.25, 0.3) is 0 Å². The van der Waals surface area contributed by atoms with Gasteiger partial charge in [-0.2, -0.15) is 0 Å². The van der Waals surface area contributed by atoms with Gasteiger partial charge in [0, 0.05) is 6.54 Å². The molecule has 0 aliphatic carbocycles. The second-order valence-electron chi connectivity index (χ2n) is 2.60. The third kappa shape index (κ3) is 3.05. The Kier molecular flexibility index (Phi) is 4.52. The van der Waals surface area contributed by atoms with Crippen molar-refractivity contribution in [2.24, 2.45) is 0 Å². The molecular weight excluding hydrogens is 242 g/mol. The molecule has 76 valence electrons. The van der Waals surface area contributed by atoms with Gasteiger partial charge in [-0.3, -0.25) is 0 Å². The number of aromatic nitrogens is 1. The molecule has 2 nitrogen and oxygen atoms in total. The first kappa shape index (κ1) is 11.6. The SMILES string of the molecule is C=CCCNc1nc(Cl)c(Cl)cc1Cl. The molecule has 14 heavy (non-hydrogen) atoms. The van der Waals surface area contributed by atoms with E-state index in [2.05, 4.69) is 16.9 Å². The lowest BCUT2D eigenvalue weighted by molar-refractivity contribution is 1.05. The lowest BCUT2D eigenvalue weighted by Gasteiger charge is -2.06. The molecular formula is C9H9Cl3N2. The molecule has 1 N–H and O–H groups in total. The van der Waals surface area contributed by atoms with E-state index < -0.39 is 0 Å². The van der Waals surface area contributed by atoms with Gasteiger partial charge in [0.2, 0.25) is 0 Å². The molecule has 5 heteroatoms. The van der Waals surface area contributed by atoms with Gasteiger partial charge < -0.3 is 5.32 Å². The average Bonchev–Trinajstić information content (AvgIpc) is 2.14. The Morgan fingerprint density at radius 1 is 1.36 bits per heavy atom. The Morgan fingerprint density at radius 3 is 2.71 bits per heavy atom. The maximum Gasteiger partial charge on any atom is 0.150 e. The molecule has 0 atom stereocenters. The molecule has 1 aromatic heterocycles. The predicted octanol–water partition coefficient (Wildman–Crippen LogP) is 4.03. The van der Waals surface area contributed by atoms with E-state index in [4.69, 9.17) is 34.8 Å². The molecule has 1 heterocycles. The van der Waals surface area contributed by atoms with Gasteiger partial charge in [-0.25, -0.2) is 4.98 Å². The molecule has 0 radical (unpaired) electrons. The minimum absolute atomic E-state index is 0.247. The molecule has 0 aliphatic rings. The normalized spacial score (nSPS) is 9.93. The Bertz CT molecular complexity index is 339. The van der Waals surface area contributed by atoms with Gasteiger partial charge in [0.05, 0.1) is 10.0 Å². The molecule has 0 aromatic carbocycles. The first-order valence-corrected chi connectivity index (χ1v) is 5.15. The Balaban J connectivity index is 2.76. The first-order valence-electron chi connectivity index (χ1n) is 4.01. The van der Waals surface area contributed by atoms with Crippen molar-refractivity contribution in [2.75, 3.05) is 11.9 Å². The smallest absolute Gasteiger partial charge is 0.150 e. The summed E-state index contributed by atoms with van der Waals surface area (Å²) in [6, 6.07) is 1.56. The van der Waals surface area contributed by atoms with Crippen LogP contribution in [-0.4, -0.2) is 11.5 Å². The molecule has 0 saturated carbocycles. The van der Waals surface area contributed by atoms with Crippen molar-refractivity contribution in [2.45, 2.75) is 6.42 Å². The fourth-order valence-corrected chi connectivity index (χ4v) is 1.43. The minimum atomic E-state index is 0.247. The van der Waals surface area contributed by atoms with E-state index in [1.165, 1.54) is 0 Å². The van der Waals surface area contributed by atoms with E-state index in [0.29, 0.717) is 22.4 Å². The summed E-state index contributed by atoms with van der Waals surface area (Å²) in [6.45, 7) is 4.32. The number of anilines is 1. The topological polar surface area (TPSA) is 24.9 Å². The maximum atomic E-state index is 5.89. The monoisotopic (exact) mass is 250 g/mol. The zero-order valence-electron chi connectivity index (χ0n) is 7.36. The van der Waals surface area contributed by atoms with Crippen molar-refractivity contribution in [1.29, 1.82) is 0 Å². The van der Waals surface area contributed by atoms with Gasteiger partial charge in [0.15, 0.2) is 0 Å². The highest BCUT2D eigenvalue weighted by Gasteiger charge is 2.06. The number of nitrogens with zero attached hydrogens (tertiary/aromatic N) is 1. The van der Waals surface area contributed by atoms with Crippen LogP contribution in [0.3, 0.4) is 0 Å². The number of rotatable bonds is 4. The van der Waals surface area contributed by atoms with Gasteiger partial charge in [0.1, 0.15) is 11.0 Å². The lowest BCUT2D eigenvalue weighted by atomic mass is 10.4. The summed E-state index contributed by atoms with van der Waals surface area (Å²) in [5.74, 6) is 0.544. The molecule has 0 unspecified atom stereocenters. The van der Waals surface area contributed by atoms with Gasteiger partial charge >= 0.3 is 0 Å². The van der Waals surface area contributed by atoms with Crippen LogP contribution in [0.1, 0.15) is 6.42 Å². The second-order valence-corrected chi connectivity index (χ2v) is 3.77.